The first kappa shape index (κ1) is 17.7. The third-order valence-corrected chi connectivity index (χ3v) is 2.83. The molecule has 0 aromatic heterocycles. The molecule has 0 saturated heterocycles. The number of hydrogen-bond acceptors (Lipinski definition) is 3. The zero-order chi connectivity index (χ0) is 14.5. The van der Waals surface area contributed by atoms with Gasteiger partial charge in [-0.25, -0.2) is 4.79 Å². The number of amides is 2. The van der Waals surface area contributed by atoms with Gasteiger partial charge in [0.2, 0.25) is 0 Å². The van der Waals surface area contributed by atoms with E-state index < -0.39 is 5.97 Å². The van der Waals surface area contributed by atoms with Crippen molar-refractivity contribution >= 4 is 12.0 Å². The number of carboxylic acids is 1. The van der Waals surface area contributed by atoms with E-state index in [0.29, 0.717) is 25.9 Å². The molecule has 2 amide bonds. The largest absolute Gasteiger partial charge is 0.481 e. The monoisotopic (exact) mass is 274 g/mol. The van der Waals surface area contributed by atoms with Crippen LogP contribution in [-0.4, -0.2) is 43.9 Å². The molecule has 0 rings (SSSR count). The lowest BCUT2D eigenvalue weighted by molar-refractivity contribution is -0.141. The molecule has 0 aromatic carbocycles. The van der Waals surface area contributed by atoms with Crippen molar-refractivity contribution in [3.8, 4) is 0 Å². The number of carbonyl (C=O) groups is 2. The van der Waals surface area contributed by atoms with Crippen molar-refractivity contribution in [3.05, 3.63) is 0 Å². The number of aliphatic carboxylic acids is 1. The van der Waals surface area contributed by atoms with Gasteiger partial charge in [-0.3, -0.25) is 4.79 Å². The van der Waals surface area contributed by atoms with E-state index in [9.17, 15) is 9.59 Å². The summed E-state index contributed by atoms with van der Waals surface area (Å²) in [7, 11) is 1.68. The van der Waals surface area contributed by atoms with Gasteiger partial charge in [-0.15, -0.1) is 0 Å². The Bertz CT molecular complexity index is 259. The van der Waals surface area contributed by atoms with Gasteiger partial charge in [0.05, 0.1) is 5.92 Å². The van der Waals surface area contributed by atoms with E-state index >= 15 is 0 Å². The molecule has 0 heterocycles. The Kier molecular flexibility index (Phi) is 11.0. The summed E-state index contributed by atoms with van der Waals surface area (Å²) >= 11 is 0. The molecule has 1 atom stereocenters. The predicted octanol–water partition coefficient (Wildman–Crippen LogP) is 1.60. The van der Waals surface area contributed by atoms with Crippen molar-refractivity contribution in [2.24, 2.45) is 5.92 Å². The van der Waals surface area contributed by atoms with Crippen molar-refractivity contribution in [2.45, 2.75) is 39.0 Å². The van der Waals surface area contributed by atoms with Crippen LogP contribution in [0.5, 0.6) is 0 Å². The number of ether oxygens (including phenoxy) is 1. The lowest BCUT2D eigenvalue weighted by atomic mass is 10.1. The van der Waals surface area contributed by atoms with Gasteiger partial charge in [-0.05, 0) is 32.1 Å². The highest BCUT2D eigenvalue weighted by molar-refractivity contribution is 5.73. The molecule has 0 spiro atoms. The van der Waals surface area contributed by atoms with Gasteiger partial charge in [-0.2, -0.15) is 0 Å². The summed E-state index contributed by atoms with van der Waals surface area (Å²) < 4.78 is 4.93. The van der Waals surface area contributed by atoms with Crippen LogP contribution in [0.2, 0.25) is 0 Å². The maximum Gasteiger partial charge on any atom is 0.314 e. The number of carboxylic acid groups (broad SMARTS) is 1. The molecular weight excluding hydrogens is 248 g/mol. The SMILES string of the molecule is COCCCCCNC(=O)NCCCC(C)C(=O)O. The molecule has 6 heteroatoms. The average molecular weight is 274 g/mol. The topological polar surface area (TPSA) is 87.7 Å². The maximum absolute atomic E-state index is 11.3. The Morgan fingerprint density at radius 2 is 1.74 bits per heavy atom. The number of nitrogens with one attached hydrogen (secondary N) is 2. The number of unbranched alkanes of at least 4 members (excludes halogenated alkanes) is 2. The fraction of sp³-hybridized carbons (Fsp3) is 0.846. The lowest BCUT2D eigenvalue weighted by Gasteiger charge is -2.08. The number of hydrogen-bond donors (Lipinski definition) is 3. The lowest BCUT2D eigenvalue weighted by Crippen LogP contribution is -2.36. The molecule has 1 unspecified atom stereocenters. The van der Waals surface area contributed by atoms with Crippen LogP contribution in [0.15, 0.2) is 0 Å². The zero-order valence-corrected chi connectivity index (χ0v) is 11.9. The third kappa shape index (κ3) is 11.5. The second-order valence-corrected chi connectivity index (χ2v) is 4.62. The Hall–Kier alpha value is -1.30. The number of rotatable bonds is 11. The van der Waals surface area contributed by atoms with Crippen LogP contribution in [0.1, 0.15) is 39.0 Å². The van der Waals surface area contributed by atoms with Gasteiger partial charge in [-0.1, -0.05) is 6.92 Å². The molecule has 6 nitrogen and oxygen atoms in total. The van der Waals surface area contributed by atoms with E-state index in [4.69, 9.17) is 9.84 Å². The fourth-order valence-electron chi connectivity index (χ4n) is 1.55. The second kappa shape index (κ2) is 11.8. The summed E-state index contributed by atoms with van der Waals surface area (Å²) in [5, 5.41) is 14.2. The van der Waals surface area contributed by atoms with Crippen LogP contribution in [-0.2, 0) is 9.53 Å². The molecule has 0 fully saturated rings. The van der Waals surface area contributed by atoms with Crippen LogP contribution in [0.3, 0.4) is 0 Å². The Balaban J connectivity index is 3.33. The molecule has 3 N–H and O–H groups in total. The summed E-state index contributed by atoms with van der Waals surface area (Å²) in [5.41, 5.74) is 0. The Labute approximate surface area is 114 Å². The highest BCUT2D eigenvalue weighted by atomic mass is 16.5. The minimum atomic E-state index is -0.791. The van der Waals surface area contributed by atoms with Crippen molar-refractivity contribution in [1.82, 2.24) is 10.6 Å². The highest BCUT2D eigenvalue weighted by Crippen LogP contribution is 2.03. The van der Waals surface area contributed by atoms with E-state index in [1.807, 2.05) is 0 Å². The van der Waals surface area contributed by atoms with E-state index in [1.165, 1.54) is 0 Å². The average Bonchev–Trinajstić information content (AvgIpc) is 2.38. The minimum absolute atomic E-state index is 0.185. The van der Waals surface area contributed by atoms with E-state index in [-0.39, 0.29) is 11.9 Å². The maximum atomic E-state index is 11.3. The third-order valence-electron chi connectivity index (χ3n) is 2.83. The van der Waals surface area contributed by atoms with Crippen molar-refractivity contribution in [2.75, 3.05) is 26.8 Å². The first-order valence-corrected chi connectivity index (χ1v) is 6.81. The van der Waals surface area contributed by atoms with Gasteiger partial charge < -0.3 is 20.5 Å². The van der Waals surface area contributed by atoms with Gasteiger partial charge in [0.15, 0.2) is 0 Å². The van der Waals surface area contributed by atoms with Crippen molar-refractivity contribution in [1.29, 1.82) is 0 Å². The fourth-order valence-corrected chi connectivity index (χ4v) is 1.55. The van der Waals surface area contributed by atoms with Crippen molar-refractivity contribution < 1.29 is 19.4 Å². The van der Waals surface area contributed by atoms with Crippen LogP contribution in [0.4, 0.5) is 4.79 Å². The highest BCUT2D eigenvalue weighted by Gasteiger charge is 2.09. The van der Waals surface area contributed by atoms with Crippen LogP contribution in [0.25, 0.3) is 0 Å². The molecular formula is C13H26N2O4. The van der Waals surface area contributed by atoms with E-state index in [0.717, 1.165) is 25.9 Å². The van der Waals surface area contributed by atoms with Gasteiger partial charge in [0.25, 0.3) is 0 Å². The molecule has 19 heavy (non-hydrogen) atoms. The van der Waals surface area contributed by atoms with Gasteiger partial charge >= 0.3 is 12.0 Å². The Morgan fingerprint density at radius 1 is 1.11 bits per heavy atom. The molecule has 0 aromatic rings. The molecule has 0 bridgehead atoms. The Morgan fingerprint density at radius 3 is 2.32 bits per heavy atom. The van der Waals surface area contributed by atoms with Crippen LogP contribution >= 0.6 is 0 Å². The number of carbonyl (C=O) groups excluding carboxylic acids is 1. The smallest absolute Gasteiger partial charge is 0.314 e. The van der Waals surface area contributed by atoms with E-state index in [2.05, 4.69) is 10.6 Å². The predicted molar refractivity (Wildman–Crippen MR) is 73.2 cm³/mol. The molecule has 112 valence electrons. The van der Waals surface area contributed by atoms with Crippen LogP contribution in [0, 0.1) is 5.92 Å². The molecule has 0 radical (unpaired) electrons. The zero-order valence-electron chi connectivity index (χ0n) is 11.9. The summed E-state index contributed by atoms with van der Waals surface area (Å²) in [6.45, 7) is 3.59. The second-order valence-electron chi connectivity index (χ2n) is 4.62. The summed E-state index contributed by atoms with van der Waals surface area (Å²) in [6, 6.07) is -0.185. The normalized spacial score (nSPS) is 11.9. The summed E-state index contributed by atoms with van der Waals surface area (Å²) in [6.07, 6.45) is 4.23. The quantitative estimate of drug-likeness (QED) is 0.499. The van der Waals surface area contributed by atoms with Gasteiger partial charge in [0.1, 0.15) is 0 Å². The molecule has 0 aliphatic carbocycles. The van der Waals surface area contributed by atoms with Gasteiger partial charge in [0, 0.05) is 26.8 Å². The number of urea groups is 1. The standard InChI is InChI=1S/C13H26N2O4/c1-11(12(16)17)7-6-9-15-13(18)14-8-4-3-5-10-19-2/h11H,3-10H2,1-2H3,(H,16,17)(H2,14,15,18). The minimum Gasteiger partial charge on any atom is -0.481 e. The summed E-state index contributed by atoms with van der Waals surface area (Å²) in [4.78, 5) is 21.9. The molecule has 0 aliphatic rings. The van der Waals surface area contributed by atoms with E-state index in [1.54, 1.807) is 14.0 Å². The molecule has 0 aliphatic heterocycles. The van der Waals surface area contributed by atoms with Crippen molar-refractivity contribution in [3.63, 3.8) is 0 Å². The summed E-state index contributed by atoms with van der Waals surface area (Å²) in [5.74, 6) is -1.15. The molecule has 0 saturated carbocycles. The van der Waals surface area contributed by atoms with Crippen LogP contribution < -0.4 is 10.6 Å². The number of methoxy groups -OCH3 is 1. The first-order chi connectivity index (χ1) is 9.07. The first-order valence-electron chi connectivity index (χ1n) is 6.81.